The molecule has 0 amide bonds. The average Bonchev–Trinajstić information content (AvgIpc) is 2.61. The molecule has 1 aliphatic rings. The molecule has 0 bridgehead atoms. The zero-order chi connectivity index (χ0) is 16.1. The minimum absolute atomic E-state index is 0. The Morgan fingerprint density at radius 3 is 1.96 bits per heavy atom. The molecular weight excluding hydrogens is 322 g/mol. The Labute approximate surface area is 150 Å². The smallest absolute Gasteiger partial charge is 0.115 e. The maximum absolute atomic E-state index is 10.4. The van der Waals surface area contributed by atoms with E-state index in [-0.39, 0.29) is 18.2 Å². The lowest BCUT2D eigenvalue weighted by molar-refractivity contribution is 0.134. The van der Waals surface area contributed by atoms with Gasteiger partial charge >= 0.3 is 0 Å². The summed E-state index contributed by atoms with van der Waals surface area (Å²) in [6, 6.07) is 15.3. The first-order valence-electron chi connectivity index (χ1n) is 8.52. The quantitative estimate of drug-likeness (QED) is 0.843. The van der Waals surface area contributed by atoms with Gasteiger partial charge in [-0.25, -0.2) is 0 Å². The van der Waals surface area contributed by atoms with Gasteiger partial charge in [-0.05, 0) is 61.2 Å². The molecule has 24 heavy (non-hydrogen) atoms. The van der Waals surface area contributed by atoms with E-state index >= 15 is 0 Å². The van der Waals surface area contributed by atoms with Crippen molar-refractivity contribution in [2.24, 2.45) is 0 Å². The molecule has 0 aromatic heterocycles. The van der Waals surface area contributed by atoms with Gasteiger partial charge in [-0.3, -0.25) is 0 Å². The number of benzene rings is 2. The number of nitrogens with zero attached hydrogens (tertiary/aromatic N) is 1. The Bertz CT molecular complexity index is 607. The Balaban J connectivity index is 0.00000208. The number of hydrogen-bond acceptors (Lipinski definition) is 3. The molecule has 3 rings (SSSR count). The lowest BCUT2D eigenvalue weighted by Crippen LogP contribution is -2.31. The first-order valence-corrected chi connectivity index (χ1v) is 8.52. The number of rotatable bonds is 5. The molecule has 2 aromatic carbocycles. The maximum Gasteiger partial charge on any atom is 0.115 e. The highest BCUT2D eigenvalue weighted by Gasteiger charge is 2.13. The number of likely N-dealkylation sites (tertiary alicyclic amines) is 1. The van der Waals surface area contributed by atoms with Crippen LogP contribution in [0.3, 0.4) is 0 Å². The fourth-order valence-corrected chi connectivity index (χ4v) is 3.21. The largest absolute Gasteiger partial charge is 0.508 e. The number of aliphatic hydroxyl groups is 1. The first kappa shape index (κ1) is 18.8. The van der Waals surface area contributed by atoms with E-state index in [1.807, 2.05) is 36.4 Å². The highest BCUT2D eigenvalue weighted by Crippen LogP contribution is 2.25. The third-order valence-corrected chi connectivity index (χ3v) is 4.66. The summed E-state index contributed by atoms with van der Waals surface area (Å²) in [5.41, 5.74) is 3.14. The van der Waals surface area contributed by atoms with E-state index < -0.39 is 6.10 Å². The standard InChI is InChI=1S/C20H25NO2.ClH/c22-19-10-8-17(9-11-19)16-4-6-18(7-5-16)20(23)12-15-21-13-2-1-3-14-21;/h4-11,20,22-23H,1-3,12-15H2;1H. The van der Waals surface area contributed by atoms with Crippen LogP contribution in [0.5, 0.6) is 5.75 Å². The molecule has 0 spiro atoms. The molecule has 1 unspecified atom stereocenters. The summed E-state index contributed by atoms with van der Waals surface area (Å²) in [5.74, 6) is 0.276. The van der Waals surface area contributed by atoms with Crippen molar-refractivity contribution in [2.75, 3.05) is 19.6 Å². The number of piperidine rings is 1. The second-order valence-corrected chi connectivity index (χ2v) is 6.38. The molecule has 4 heteroatoms. The molecule has 1 atom stereocenters. The van der Waals surface area contributed by atoms with Crippen molar-refractivity contribution < 1.29 is 10.2 Å². The van der Waals surface area contributed by atoms with Crippen LogP contribution in [0.25, 0.3) is 11.1 Å². The zero-order valence-electron chi connectivity index (χ0n) is 13.9. The SMILES string of the molecule is Cl.Oc1ccc(-c2ccc(C(O)CCN3CCCCC3)cc2)cc1. The van der Waals surface area contributed by atoms with Crippen LogP contribution in [0, 0.1) is 0 Å². The lowest BCUT2D eigenvalue weighted by atomic mass is 10.0. The van der Waals surface area contributed by atoms with Gasteiger partial charge in [-0.1, -0.05) is 42.8 Å². The van der Waals surface area contributed by atoms with Gasteiger partial charge in [-0.2, -0.15) is 0 Å². The second-order valence-electron chi connectivity index (χ2n) is 6.38. The lowest BCUT2D eigenvalue weighted by Gasteiger charge is -2.27. The Morgan fingerprint density at radius 2 is 1.38 bits per heavy atom. The van der Waals surface area contributed by atoms with Crippen LogP contribution >= 0.6 is 12.4 Å². The van der Waals surface area contributed by atoms with Crippen LogP contribution in [-0.4, -0.2) is 34.7 Å². The summed E-state index contributed by atoms with van der Waals surface area (Å²) < 4.78 is 0. The van der Waals surface area contributed by atoms with Crippen molar-refractivity contribution in [1.29, 1.82) is 0 Å². The predicted octanol–water partition coefficient (Wildman–Crippen LogP) is 4.39. The third-order valence-electron chi connectivity index (χ3n) is 4.66. The number of hydrogen-bond donors (Lipinski definition) is 2. The molecule has 1 saturated heterocycles. The van der Waals surface area contributed by atoms with Gasteiger partial charge < -0.3 is 15.1 Å². The first-order chi connectivity index (χ1) is 11.2. The molecule has 2 aromatic rings. The van der Waals surface area contributed by atoms with E-state index in [4.69, 9.17) is 0 Å². The van der Waals surface area contributed by atoms with Crippen LogP contribution in [0.1, 0.15) is 37.4 Å². The van der Waals surface area contributed by atoms with Crippen LogP contribution in [0.15, 0.2) is 48.5 Å². The van der Waals surface area contributed by atoms with Crippen LogP contribution in [-0.2, 0) is 0 Å². The van der Waals surface area contributed by atoms with Crippen molar-refractivity contribution in [3.63, 3.8) is 0 Å². The van der Waals surface area contributed by atoms with E-state index in [9.17, 15) is 10.2 Å². The number of phenolic OH excluding ortho intramolecular Hbond substituents is 1. The molecule has 0 aliphatic carbocycles. The molecule has 1 fully saturated rings. The number of aromatic hydroxyl groups is 1. The van der Waals surface area contributed by atoms with Crippen LogP contribution < -0.4 is 0 Å². The van der Waals surface area contributed by atoms with Gasteiger partial charge in [0.1, 0.15) is 5.75 Å². The van der Waals surface area contributed by atoms with Gasteiger partial charge in [0, 0.05) is 6.54 Å². The highest BCUT2D eigenvalue weighted by atomic mass is 35.5. The summed E-state index contributed by atoms with van der Waals surface area (Å²) in [6.07, 6.45) is 4.32. The van der Waals surface area contributed by atoms with Crippen LogP contribution in [0.4, 0.5) is 0 Å². The van der Waals surface area contributed by atoms with Gasteiger partial charge in [0.25, 0.3) is 0 Å². The molecular formula is C20H26ClNO2. The second kappa shape index (κ2) is 9.07. The van der Waals surface area contributed by atoms with E-state index in [1.54, 1.807) is 12.1 Å². The third kappa shape index (κ3) is 4.97. The van der Waals surface area contributed by atoms with Crippen molar-refractivity contribution >= 4 is 12.4 Å². The fourth-order valence-electron chi connectivity index (χ4n) is 3.21. The van der Waals surface area contributed by atoms with Crippen LogP contribution in [0.2, 0.25) is 0 Å². The number of aliphatic hydroxyl groups excluding tert-OH is 1. The van der Waals surface area contributed by atoms with E-state index in [0.717, 1.165) is 29.7 Å². The Hall–Kier alpha value is -1.55. The Morgan fingerprint density at radius 1 is 0.833 bits per heavy atom. The minimum atomic E-state index is -0.397. The van der Waals surface area contributed by atoms with Crippen molar-refractivity contribution in [2.45, 2.75) is 31.8 Å². The van der Waals surface area contributed by atoms with E-state index in [0.29, 0.717) is 0 Å². The summed E-state index contributed by atoms with van der Waals surface area (Å²) in [5, 5.41) is 19.7. The topological polar surface area (TPSA) is 43.7 Å². The fraction of sp³-hybridized carbons (Fsp3) is 0.400. The molecule has 3 nitrogen and oxygen atoms in total. The summed E-state index contributed by atoms with van der Waals surface area (Å²) >= 11 is 0. The normalized spacial score (nSPS) is 16.4. The van der Waals surface area contributed by atoms with E-state index in [2.05, 4.69) is 4.90 Å². The van der Waals surface area contributed by atoms with Crippen molar-refractivity contribution in [1.82, 2.24) is 4.90 Å². The molecule has 2 N–H and O–H groups in total. The molecule has 1 aliphatic heterocycles. The Kier molecular flexibility index (Phi) is 7.10. The maximum atomic E-state index is 10.4. The van der Waals surface area contributed by atoms with Crippen molar-refractivity contribution in [3.8, 4) is 16.9 Å². The van der Waals surface area contributed by atoms with Crippen molar-refractivity contribution in [3.05, 3.63) is 54.1 Å². The summed E-state index contributed by atoms with van der Waals surface area (Å²) in [6.45, 7) is 3.32. The molecule has 1 heterocycles. The highest BCUT2D eigenvalue weighted by molar-refractivity contribution is 5.85. The number of halogens is 1. The molecule has 0 radical (unpaired) electrons. The summed E-state index contributed by atoms with van der Waals surface area (Å²) in [4.78, 5) is 2.46. The predicted molar refractivity (Wildman–Crippen MR) is 101 cm³/mol. The van der Waals surface area contributed by atoms with Gasteiger partial charge in [-0.15, -0.1) is 12.4 Å². The minimum Gasteiger partial charge on any atom is -0.508 e. The van der Waals surface area contributed by atoms with Gasteiger partial charge in [0.05, 0.1) is 6.10 Å². The van der Waals surface area contributed by atoms with Gasteiger partial charge in [0.15, 0.2) is 0 Å². The molecule has 0 saturated carbocycles. The average molecular weight is 348 g/mol. The monoisotopic (exact) mass is 347 g/mol. The van der Waals surface area contributed by atoms with Gasteiger partial charge in [0.2, 0.25) is 0 Å². The molecule has 130 valence electrons. The summed E-state index contributed by atoms with van der Waals surface area (Å²) in [7, 11) is 0. The zero-order valence-corrected chi connectivity index (χ0v) is 14.7. The number of phenols is 1. The van der Waals surface area contributed by atoms with E-state index in [1.165, 1.54) is 32.4 Å².